The lowest BCUT2D eigenvalue weighted by Crippen LogP contribution is -2.24. The van der Waals surface area contributed by atoms with E-state index in [0.29, 0.717) is 34.2 Å². The standard InChI is InChI=1S/C28H35ClN2O5S/c1-9-35-25-11-10-21(14-24(25)29)31-19(8)30-26(15-27(31)32)36-37(33,34)28-22(17(4)5)12-20(16(2)3)13-23(28)18(6)7/h10-18H,9H2,1-8H3. The third kappa shape index (κ3) is 6.18. The molecule has 0 fully saturated rings. The van der Waals surface area contributed by atoms with E-state index >= 15 is 0 Å². The Morgan fingerprint density at radius 1 is 0.946 bits per heavy atom. The van der Waals surface area contributed by atoms with E-state index < -0.39 is 15.7 Å². The molecule has 0 spiro atoms. The van der Waals surface area contributed by atoms with Crippen LogP contribution in [0, 0.1) is 6.92 Å². The zero-order valence-corrected chi connectivity index (χ0v) is 24.2. The Kier molecular flexibility index (Phi) is 8.75. The molecule has 7 nitrogen and oxygen atoms in total. The van der Waals surface area contributed by atoms with Gasteiger partial charge in [-0.25, -0.2) is 0 Å². The van der Waals surface area contributed by atoms with Gasteiger partial charge in [0.2, 0.25) is 5.88 Å². The number of aromatic nitrogens is 2. The van der Waals surface area contributed by atoms with Crippen molar-refractivity contribution in [2.24, 2.45) is 0 Å². The Balaban J connectivity index is 2.09. The summed E-state index contributed by atoms with van der Waals surface area (Å²) in [5, 5.41) is 0.348. The average Bonchev–Trinajstić information content (AvgIpc) is 2.79. The largest absolute Gasteiger partial charge is 0.492 e. The molecular weight excluding hydrogens is 512 g/mol. The van der Waals surface area contributed by atoms with Gasteiger partial charge in [-0.3, -0.25) is 9.36 Å². The highest BCUT2D eigenvalue weighted by molar-refractivity contribution is 7.87. The first kappa shape index (κ1) is 28.7. The van der Waals surface area contributed by atoms with Crippen LogP contribution < -0.4 is 14.5 Å². The minimum Gasteiger partial charge on any atom is -0.492 e. The predicted octanol–water partition coefficient (Wildman–Crippen LogP) is 6.73. The maximum atomic E-state index is 13.7. The van der Waals surface area contributed by atoms with Gasteiger partial charge in [0.05, 0.1) is 23.4 Å². The van der Waals surface area contributed by atoms with Crippen molar-refractivity contribution >= 4 is 21.7 Å². The SMILES string of the molecule is CCOc1ccc(-n2c(C)nc(OS(=O)(=O)c3c(C(C)C)cc(C(C)C)cc3C(C)C)cc2=O)cc1Cl. The summed E-state index contributed by atoms with van der Waals surface area (Å²) in [6.45, 7) is 15.9. The first-order valence-corrected chi connectivity index (χ1v) is 14.2. The summed E-state index contributed by atoms with van der Waals surface area (Å²) in [5.41, 5.74) is 2.41. The van der Waals surface area contributed by atoms with Gasteiger partial charge in [-0.15, -0.1) is 0 Å². The van der Waals surface area contributed by atoms with E-state index in [4.69, 9.17) is 20.5 Å². The van der Waals surface area contributed by atoms with Crippen molar-refractivity contribution in [1.29, 1.82) is 0 Å². The highest BCUT2D eigenvalue weighted by atomic mass is 35.5. The van der Waals surface area contributed by atoms with Crippen LogP contribution in [-0.2, 0) is 10.1 Å². The molecule has 0 radical (unpaired) electrons. The summed E-state index contributed by atoms with van der Waals surface area (Å²) in [4.78, 5) is 17.5. The lowest BCUT2D eigenvalue weighted by Gasteiger charge is -2.22. The van der Waals surface area contributed by atoms with Gasteiger partial charge >= 0.3 is 10.1 Å². The van der Waals surface area contributed by atoms with E-state index in [1.165, 1.54) is 4.57 Å². The van der Waals surface area contributed by atoms with E-state index in [0.717, 1.165) is 11.6 Å². The normalized spacial score (nSPS) is 12.0. The van der Waals surface area contributed by atoms with Crippen LogP contribution in [0.1, 0.15) is 88.7 Å². The molecule has 0 N–H and O–H groups in total. The summed E-state index contributed by atoms with van der Waals surface area (Å²) >= 11 is 6.30. The highest BCUT2D eigenvalue weighted by Gasteiger charge is 2.29. The molecule has 0 aliphatic carbocycles. The van der Waals surface area contributed by atoms with E-state index in [2.05, 4.69) is 18.8 Å². The van der Waals surface area contributed by atoms with Crippen molar-refractivity contribution in [3.8, 4) is 17.3 Å². The number of benzene rings is 2. The second-order valence-electron chi connectivity index (χ2n) is 9.89. The van der Waals surface area contributed by atoms with Crippen LogP contribution in [0.15, 0.2) is 46.1 Å². The smallest absolute Gasteiger partial charge is 0.341 e. The second kappa shape index (κ2) is 11.3. The Bertz CT molecular complexity index is 1430. The fourth-order valence-corrected chi connectivity index (χ4v) is 5.95. The van der Waals surface area contributed by atoms with Crippen LogP contribution >= 0.6 is 11.6 Å². The summed E-state index contributed by atoms with van der Waals surface area (Å²) in [6, 6.07) is 9.89. The maximum Gasteiger partial charge on any atom is 0.341 e. The molecule has 0 aliphatic rings. The molecule has 0 saturated carbocycles. The number of nitrogens with zero attached hydrogens (tertiary/aromatic N) is 2. The molecular formula is C28H35ClN2O5S. The molecule has 0 bridgehead atoms. The molecule has 3 aromatic rings. The van der Waals surface area contributed by atoms with Gasteiger partial charge in [-0.2, -0.15) is 13.4 Å². The number of hydrogen-bond donors (Lipinski definition) is 0. The summed E-state index contributed by atoms with van der Waals surface area (Å²) in [5.74, 6) is 0.589. The van der Waals surface area contributed by atoms with E-state index in [-0.39, 0.29) is 34.4 Å². The van der Waals surface area contributed by atoms with Gasteiger partial charge in [-0.05, 0) is 66.5 Å². The van der Waals surface area contributed by atoms with Crippen molar-refractivity contribution in [2.75, 3.05) is 6.61 Å². The number of hydrogen-bond acceptors (Lipinski definition) is 6. The number of ether oxygens (including phenoxy) is 1. The van der Waals surface area contributed by atoms with Gasteiger partial charge < -0.3 is 8.92 Å². The van der Waals surface area contributed by atoms with Crippen molar-refractivity contribution in [1.82, 2.24) is 9.55 Å². The molecule has 37 heavy (non-hydrogen) atoms. The Hall–Kier alpha value is -2.84. The fraction of sp³-hybridized carbons (Fsp3) is 0.429. The second-order valence-corrected chi connectivity index (χ2v) is 11.8. The van der Waals surface area contributed by atoms with Gasteiger partial charge in [0.25, 0.3) is 5.56 Å². The predicted molar refractivity (Wildman–Crippen MR) is 147 cm³/mol. The van der Waals surface area contributed by atoms with Crippen molar-refractivity contribution < 1.29 is 17.3 Å². The molecule has 1 aromatic heterocycles. The molecule has 200 valence electrons. The minimum absolute atomic E-state index is 0.0586. The van der Waals surface area contributed by atoms with Crippen LogP contribution in [0.3, 0.4) is 0 Å². The quantitative estimate of drug-likeness (QED) is 0.276. The van der Waals surface area contributed by atoms with Gasteiger partial charge in [0, 0.05) is 0 Å². The molecule has 0 unspecified atom stereocenters. The Labute approximate surface area is 224 Å². The average molecular weight is 547 g/mol. The monoisotopic (exact) mass is 546 g/mol. The van der Waals surface area contributed by atoms with Crippen LogP contribution in [0.2, 0.25) is 5.02 Å². The zero-order chi connectivity index (χ0) is 27.7. The van der Waals surface area contributed by atoms with E-state index in [9.17, 15) is 13.2 Å². The lowest BCUT2D eigenvalue weighted by molar-refractivity contribution is 0.340. The topological polar surface area (TPSA) is 87.5 Å². The van der Waals surface area contributed by atoms with Crippen molar-refractivity contribution in [3.63, 3.8) is 0 Å². The fourth-order valence-electron chi connectivity index (χ4n) is 4.16. The number of aryl methyl sites for hydroxylation is 1. The summed E-state index contributed by atoms with van der Waals surface area (Å²) < 4.78 is 39.6. The van der Waals surface area contributed by atoms with Gasteiger partial charge in [0.1, 0.15) is 16.5 Å². The van der Waals surface area contributed by atoms with Crippen LogP contribution in [0.4, 0.5) is 0 Å². The first-order valence-electron chi connectivity index (χ1n) is 12.4. The van der Waals surface area contributed by atoms with Gasteiger partial charge in [-0.1, -0.05) is 65.3 Å². The molecule has 0 saturated heterocycles. The number of rotatable bonds is 9. The maximum absolute atomic E-state index is 13.7. The molecule has 9 heteroatoms. The third-order valence-electron chi connectivity index (χ3n) is 6.06. The van der Waals surface area contributed by atoms with Crippen LogP contribution in [0.5, 0.6) is 11.6 Å². The van der Waals surface area contributed by atoms with Crippen molar-refractivity contribution in [2.45, 2.75) is 78.0 Å². The van der Waals surface area contributed by atoms with Crippen molar-refractivity contribution in [3.05, 3.63) is 74.3 Å². The zero-order valence-electron chi connectivity index (χ0n) is 22.6. The summed E-state index contributed by atoms with van der Waals surface area (Å²) in [6.07, 6.45) is 0. The Morgan fingerprint density at radius 3 is 2.00 bits per heavy atom. The molecule has 0 amide bonds. The van der Waals surface area contributed by atoms with E-state index in [1.54, 1.807) is 25.1 Å². The molecule has 2 aromatic carbocycles. The van der Waals surface area contributed by atoms with E-state index in [1.807, 2.05) is 46.8 Å². The third-order valence-corrected chi connectivity index (χ3v) is 7.72. The van der Waals surface area contributed by atoms with Gasteiger partial charge in [0.15, 0.2) is 0 Å². The molecule has 0 atom stereocenters. The summed E-state index contributed by atoms with van der Waals surface area (Å²) in [7, 11) is -4.29. The lowest BCUT2D eigenvalue weighted by atomic mass is 9.89. The highest BCUT2D eigenvalue weighted by Crippen LogP contribution is 2.36. The first-order chi connectivity index (χ1) is 17.3. The number of halogens is 1. The minimum atomic E-state index is -4.29. The molecule has 1 heterocycles. The van der Waals surface area contributed by atoms with Crippen LogP contribution in [-0.4, -0.2) is 24.6 Å². The molecule has 3 rings (SSSR count). The Morgan fingerprint density at radius 2 is 1.54 bits per heavy atom. The van der Waals surface area contributed by atoms with Crippen LogP contribution in [0.25, 0.3) is 5.69 Å². The molecule has 0 aliphatic heterocycles.